The number of ether oxygens (including phenoxy) is 1. The molecular formula is C64H41N3O. The monoisotopic (exact) mass is 867 g/mol. The van der Waals surface area contributed by atoms with Crippen molar-refractivity contribution in [3.63, 3.8) is 0 Å². The van der Waals surface area contributed by atoms with Gasteiger partial charge in [0.2, 0.25) is 0 Å². The molecule has 0 N–H and O–H groups in total. The third-order valence-corrected chi connectivity index (χ3v) is 13.6. The van der Waals surface area contributed by atoms with Crippen LogP contribution in [0.2, 0.25) is 0 Å². The number of fused-ring (bicyclic) bond motifs is 9. The molecule has 4 heteroatoms. The topological polar surface area (TPSA) is 47.9 Å². The van der Waals surface area contributed by atoms with Crippen LogP contribution < -0.4 is 4.74 Å². The van der Waals surface area contributed by atoms with Gasteiger partial charge in [-0.3, -0.25) is 0 Å². The minimum Gasteiger partial charge on any atom is -0.456 e. The molecule has 0 fully saturated rings. The highest BCUT2D eigenvalue weighted by atomic mass is 16.5. The summed E-state index contributed by atoms with van der Waals surface area (Å²) in [6.07, 6.45) is 0. The molecule has 10 aromatic carbocycles. The molecule has 2 aliphatic rings. The average molecular weight is 868 g/mol. The van der Waals surface area contributed by atoms with Gasteiger partial charge in [0.25, 0.3) is 0 Å². The summed E-state index contributed by atoms with van der Waals surface area (Å²) in [6, 6.07) is 87.9. The third kappa shape index (κ3) is 6.34. The van der Waals surface area contributed by atoms with Gasteiger partial charge in [-0.05, 0) is 79.4 Å². The molecule has 4 nitrogen and oxygen atoms in total. The van der Waals surface area contributed by atoms with Gasteiger partial charge in [0.15, 0.2) is 17.5 Å². The normalized spacial score (nSPS) is 12.6. The zero-order valence-electron chi connectivity index (χ0n) is 36.9. The van der Waals surface area contributed by atoms with Crippen molar-refractivity contribution in [3.8, 4) is 101 Å². The van der Waals surface area contributed by atoms with Crippen LogP contribution in [0.25, 0.3) is 89.8 Å². The van der Waals surface area contributed by atoms with Crippen molar-refractivity contribution < 1.29 is 4.74 Å². The summed E-state index contributed by atoms with van der Waals surface area (Å²) in [6.45, 7) is 0. The van der Waals surface area contributed by atoms with Gasteiger partial charge in [0, 0.05) is 27.8 Å². The molecule has 0 atom stereocenters. The van der Waals surface area contributed by atoms with E-state index in [0.29, 0.717) is 17.5 Å². The summed E-state index contributed by atoms with van der Waals surface area (Å²) in [4.78, 5) is 16.3. The van der Waals surface area contributed by atoms with Gasteiger partial charge in [-0.2, -0.15) is 0 Å². The molecule has 0 amide bonds. The van der Waals surface area contributed by atoms with E-state index in [1.165, 1.54) is 27.8 Å². The van der Waals surface area contributed by atoms with E-state index >= 15 is 0 Å². The number of hydrogen-bond acceptors (Lipinski definition) is 4. The number of nitrogens with zero attached hydrogens (tertiary/aromatic N) is 3. The van der Waals surface area contributed by atoms with Crippen molar-refractivity contribution in [2.45, 2.75) is 5.41 Å². The Morgan fingerprint density at radius 1 is 0.265 bits per heavy atom. The van der Waals surface area contributed by atoms with E-state index in [0.717, 1.165) is 78.3 Å². The van der Waals surface area contributed by atoms with E-state index in [1.807, 2.05) is 6.07 Å². The SMILES string of the molecule is c1ccc(-c2ccc(-c3nc(-c4cccc5c4Oc4ccccc4C54c5ccccc5-c5ccccc54)nc(-c4cccc(-c5cccc(-c6ccccc6)c5)c4-c4ccccc4)n3)cc2)cc1. The second kappa shape index (κ2) is 16.2. The molecule has 1 aliphatic heterocycles. The molecule has 1 aliphatic carbocycles. The first kappa shape index (κ1) is 39.4. The second-order valence-corrected chi connectivity index (χ2v) is 17.4. The fourth-order valence-corrected chi connectivity index (χ4v) is 10.6. The van der Waals surface area contributed by atoms with Crippen LogP contribution in [0, 0.1) is 0 Å². The smallest absolute Gasteiger partial charge is 0.167 e. The Bertz CT molecular complexity index is 3650. The van der Waals surface area contributed by atoms with E-state index in [2.05, 4.69) is 243 Å². The molecule has 0 radical (unpaired) electrons. The lowest BCUT2D eigenvalue weighted by molar-refractivity contribution is 0.437. The van der Waals surface area contributed by atoms with Gasteiger partial charge in [-0.15, -0.1) is 0 Å². The maximum absolute atomic E-state index is 7.15. The molecule has 1 spiro atoms. The highest BCUT2D eigenvalue weighted by Gasteiger charge is 2.51. The maximum Gasteiger partial charge on any atom is 0.167 e. The minimum absolute atomic E-state index is 0.526. The predicted octanol–water partition coefficient (Wildman–Crippen LogP) is 16.0. The van der Waals surface area contributed by atoms with Crippen molar-refractivity contribution in [1.82, 2.24) is 15.0 Å². The molecule has 1 aromatic heterocycles. The van der Waals surface area contributed by atoms with Crippen molar-refractivity contribution in [3.05, 3.63) is 271 Å². The molecule has 318 valence electrons. The Morgan fingerprint density at radius 2 is 0.691 bits per heavy atom. The third-order valence-electron chi connectivity index (χ3n) is 13.6. The molecule has 11 aromatic rings. The fraction of sp³-hybridized carbons (Fsp3) is 0.0156. The van der Waals surface area contributed by atoms with Gasteiger partial charge in [0.1, 0.15) is 11.5 Å². The molecule has 0 saturated heterocycles. The van der Waals surface area contributed by atoms with E-state index in [1.54, 1.807) is 0 Å². The Kier molecular flexibility index (Phi) is 9.36. The van der Waals surface area contributed by atoms with Gasteiger partial charge in [-0.25, -0.2) is 15.0 Å². The Hall–Kier alpha value is -8.99. The summed E-state index contributed by atoms with van der Waals surface area (Å²) in [5, 5.41) is 0. The fourth-order valence-electron chi connectivity index (χ4n) is 10.6. The van der Waals surface area contributed by atoms with E-state index < -0.39 is 5.41 Å². The number of hydrogen-bond donors (Lipinski definition) is 0. The zero-order chi connectivity index (χ0) is 45.0. The molecular weight excluding hydrogens is 827 g/mol. The van der Waals surface area contributed by atoms with E-state index in [4.69, 9.17) is 19.7 Å². The first-order chi connectivity index (χ1) is 33.7. The summed E-state index contributed by atoms with van der Waals surface area (Å²) < 4.78 is 7.15. The van der Waals surface area contributed by atoms with Crippen LogP contribution in [0.4, 0.5) is 0 Å². The zero-order valence-corrected chi connectivity index (χ0v) is 36.9. The lowest BCUT2D eigenvalue weighted by atomic mass is 9.66. The molecule has 0 bridgehead atoms. The lowest BCUT2D eigenvalue weighted by Crippen LogP contribution is -2.32. The van der Waals surface area contributed by atoms with Crippen molar-refractivity contribution in [1.29, 1.82) is 0 Å². The van der Waals surface area contributed by atoms with Crippen LogP contribution >= 0.6 is 0 Å². The van der Waals surface area contributed by atoms with Crippen LogP contribution in [0.5, 0.6) is 11.5 Å². The van der Waals surface area contributed by atoms with Crippen LogP contribution in [-0.4, -0.2) is 15.0 Å². The van der Waals surface area contributed by atoms with Crippen LogP contribution in [0.1, 0.15) is 22.3 Å². The standard InChI is InChI=1S/C64H41N3O/c1-4-19-42(20-5-1)44-37-39-46(40-38-44)61-65-62(52-30-17-29-49(59(52)45-23-8-3-9-24-45)48-26-16-25-47(41-48)43-21-6-2-7-22-43)67-63(66-61)53-31-18-35-57-60(53)68-58-36-15-14-34-56(58)64(57)54-32-12-10-27-50(54)51-28-11-13-33-55(51)64/h1-41H. The highest BCUT2D eigenvalue weighted by Crippen LogP contribution is 2.63. The van der Waals surface area contributed by atoms with Crippen molar-refractivity contribution in [2.24, 2.45) is 0 Å². The van der Waals surface area contributed by atoms with Gasteiger partial charge < -0.3 is 4.74 Å². The number of rotatable bonds is 7. The van der Waals surface area contributed by atoms with Crippen molar-refractivity contribution >= 4 is 0 Å². The largest absolute Gasteiger partial charge is 0.456 e. The van der Waals surface area contributed by atoms with Gasteiger partial charge >= 0.3 is 0 Å². The highest BCUT2D eigenvalue weighted by molar-refractivity contribution is 5.95. The van der Waals surface area contributed by atoms with Crippen LogP contribution in [-0.2, 0) is 5.41 Å². The summed E-state index contributed by atoms with van der Waals surface area (Å²) in [5.74, 6) is 3.20. The Labute approximate surface area is 395 Å². The van der Waals surface area contributed by atoms with Gasteiger partial charge in [-0.1, -0.05) is 231 Å². The summed E-state index contributed by atoms with van der Waals surface area (Å²) in [5.41, 5.74) is 17.9. The lowest BCUT2D eigenvalue weighted by Gasteiger charge is -2.39. The number of benzene rings is 10. The van der Waals surface area contributed by atoms with Crippen LogP contribution in [0.3, 0.4) is 0 Å². The molecule has 2 heterocycles. The molecule has 0 saturated carbocycles. The molecule has 13 rings (SSSR count). The molecule has 68 heavy (non-hydrogen) atoms. The Morgan fingerprint density at radius 3 is 1.38 bits per heavy atom. The second-order valence-electron chi connectivity index (χ2n) is 17.4. The molecule has 0 unspecified atom stereocenters. The first-order valence-corrected chi connectivity index (χ1v) is 23.1. The van der Waals surface area contributed by atoms with E-state index in [9.17, 15) is 0 Å². The first-order valence-electron chi connectivity index (χ1n) is 23.1. The van der Waals surface area contributed by atoms with E-state index in [-0.39, 0.29) is 0 Å². The quantitative estimate of drug-likeness (QED) is 0.160. The number of aromatic nitrogens is 3. The minimum atomic E-state index is -0.636. The number of para-hydroxylation sites is 2. The van der Waals surface area contributed by atoms with Gasteiger partial charge in [0.05, 0.1) is 11.0 Å². The van der Waals surface area contributed by atoms with Crippen molar-refractivity contribution in [2.75, 3.05) is 0 Å². The Balaban J connectivity index is 1.06. The van der Waals surface area contributed by atoms with Crippen LogP contribution in [0.15, 0.2) is 249 Å². The maximum atomic E-state index is 7.15. The predicted molar refractivity (Wildman–Crippen MR) is 275 cm³/mol. The average Bonchev–Trinajstić information content (AvgIpc) is 3.71. The summed E-state index contributed by atoms with van der Waals surface area (Å²) >= 11 is 0. The summed E-state index contributed by atoms with van der Waals surface area (Å²) in [7, 11) is 0.